The van der Waals surface area contributed by atoms with Gasteiger partial charge in [0.05, 0.1) is 6.54 Å². The number of urea groups is 1. The van der Waals surface area contributed by atoms with Gasteiger partial charge < -0.3 is 20.6 Å². The van der Waals surface area contributed by atoms with E-state index in [-0.39, 0.29) is 41.8 Å². The van der Waals surface area contributed by atoms with Crippen molar-refractivity contribution in [3.8, 4) is 0 Å². The molecule has 2 atom stereocenters. The Morgan fingerprint density at radius 2 is 2.00 bits per heavy atom. The summed E-state index contributed by atoms with van der Waals surface area (Å²) in [5, 5.41) is 16.4. The van der Waals surface area contributed by atoms with Gasteiger partial charge in [-0.3, -0.25) is 15.1 Å². The number of nitrogens with zero attached hydrogens (tertiary/aromatic N) is 2. The lowest BCUT2D eigenvalue weighted by atomic mass is 9.79. The topological polar surface area (TPSA) is 106 Å². The van der Waals surface area contributed by atoms with E-state index in [1.54, 1.807) is 11.8 Å². The van der Waals surface area contributed by atoms with Gasteiger partial charge in [-0.05, 0) is 25.7 Å². The van der Waals surface area contributed by atoms with E-state index in [1.807, 2.05) is 0 Å². The number of rotatable bonds is 3. The van der Waals surface area contributed by atoms with Crippen LogP contribution >= 0.6 is 24.0 Å². The molecule has 26 heavy (non-hydrogen) atoms. The van der Waals surface area contributed by atoms with Crippen LogP contribution in [0, 0.1) is 5.92 Å². The Morgan fingerprint density at radius 1 is 1.42 bits per heavy atom. The highest BCUT2D eigenvalue weighted by Crippen LogP contribution is 2.30. The van der Waals surface area contributed by atoms with Crippen LogP contribution in [0.5, 0.6) is 0 Å². The first-order valence-corrected chi connectivity index (χ1v) is 7.92. The molecule has 2 saturated heterocycles. The van der Waals surface area contributed by atoms with Crippen molar-refractivity contribution in [1.82, 2.24) is 20.9 Å². The van der Waals surface area contributed by atoms with E-state index in [0.717, 1.165) is 0 Å². The number of imide groups is 1. The summed E-state index contributed by atoms with van der Waals surface area (Å²) in [5.74, 6) is -0.201. The molecule has 2 unspecified atom stereocenters. The normalized spacial score (nSPS) is 26.1. The minimum Gasteiger partial charge on any atom is -0.382 e. The van der Waals surface area contributed by atoms with Gasteiger partial charge in [0.15, 0.2) is 12.1 Å². The molecular weight excluding hydrogens is 470 g/mol. The summed E-state index contributed by atoms with van der Waals surface area (Å²) in [4.78, 5) is 29.0. The van der Waals surface area contributed by atoms with E-state index >= 15 is 0 Å². The van der Waals surface area contributed by atoms with Gasteiger partial charge in [0.1, 0.15) is 5.54 Å². The number of aliphatic hydroxyl groups excluding tert-OH is 1. The molecule has 0 aromatic carbocycles. The third-order valence-corrected chi connectivity index (χ3v) is 4.73. The lowest BCUT2D eigenvalue weighted by Crippen LogP contribution is -2.56. The number of likely N-dealkylation sites (tertiary alicyclic amines) is 1. The maximum atomic E-state index is 12.4. The highest BCUT2D eigenvalue weighted by atomic mass is 127. The highest BCUT2D eigenvalue weighted by molar-refractivity contribution is 14.0. The molecule has 2 aliphatic rings. The predicted molar refractivity (Wildman–Crippen MR) is 98.2 cm³/mol. The van der Waals surface area contributed by atoms with Gasteiger partial charge in [-0.2, -0.15) is 13.2 Å². The Morgan fingerprint density at radius 3 is 2.42 bits per heavy atom. The van der Waals surface area contributed by atoms with Gasteiger partial charge in [-0.15, -0.1) is 24.0 Å². The minimum absolute atomic E-state index is 0. The van der Waals surface area contributed by atoms with Gasteiger partial charge >= 0.3 is 12.2 Å². The number of guanidine groups is 1. The number of amides is 3. The SMILES string of the molecule is CN=C(NCC(O)C(F)(F)F)N1CCC(C2(C)NC(=O)NC2=O)CC1.I. The molecule has 8 nitrogen and oxygen atoms in total. The smallest absolute Gasteiger partial charge is 0.382 e. The van der Waals surface area contributed by atoms with Crippen LogP contribution in [0.15, 0.2) is 4.99 Å². The Bertz CT molecular complexity index is 567. The lowest BCUT2D eigenvalue weighted by Gasteiger charge is -2.39. The molecule has 150 valence electrons. The highest BCUT2D eigenvalue weighted by Gasteiger charge is 2.48. The van der Waals surface area contributed by atoms with Crippen molar-refractivity contribution in [2.45, 2.75) is 37.6 Å². The third kappa shape index (κ3) is 4.90. The van der Waals surface area contributed by atoms with Crippen LogP contribution in [0.4, 0.5) is 18.0 Å². The molecule has 0 radical (unpaired) electrons. The first-order chi connectivity index (χ1) is 11.6. The largest absolute Gasteiger partial charge is 0.416 e. The van der Waals surface area contributed by atoms with Crippen molar-refractivity contribution in [2.24, 2.45) is 10.9 Å². The summed E-state index contributed by atoms with van der Waals surface area (Å²) in [5.41, 5.74) is -0.980. The number of halogens is 4. The third-order valence-electron chi connectivity index (χ3n) is 4.73. The molecule has 3 amide bonds. The molecule has 0 spiro atoms. The zero-order chi connectivity index (χ0) is 18.8. The molecule has 0 bridgehead atoms. The van der Waals surface area contributed by atoms with Crippen LogP contribution < -0.4 is 16.0 Å². The minimum atomic E-state index is -4.69. The Labute approximate surface area is 166 Å². The van der Waals surface area contributed by atoms with Gasteiger partial charge in [0.2, 0.25) is 0 Å². The van der Waals surface area contributed by atoms with Crippen LogP contribution in [0.25, 0.3) is 0 Å². The Hall–Kier alpha value is -1.31. The zero-order valence-electron chi connectivity index (χ0n) is 14.4. The molecule has 0 aliphatic carbocycles. The first-order valence-electron chi connectivity index (χ1n) is 7.92. The van der Waals surface area contributed by atoms with E-state index in [9.17, 15) is 22.8 Å². The average molecular weight is 493 g/mol. The molecule has 2 heterocycles. The zero-order valence-corrected chi connectivity index (χ0v) is 16.7. The average Bonchev–Trinajstić information content (AvgIpc) is 2.80. The number of alkyl halides is 3. The van der Waals surface area contributed by atoms with Crippen molar-refractivity contribution in [1.29, 1.82) is 0 Å². The maximum absolute atomic E-state index is 12.4. The molecule has 0 aromatic rings. The van der Waals surface area contributed by atoms with Crippen LogP contribution in [-0.2, 0) is 4.79 Å². The summed E-state index contributed by atoms with van der Waals surface area (Å²) in [6.07, 6.45) is -6.04. The molecule has 0 aromatic heterocycles. The Kier molecular flexibility index (Phi) is 7.51. The van der Waals surface area contributed by atoms with Crippen LogP contribution in [0.3, 0.4) is 0 Å². The number of carbonyl (C=O) groups is 2. The second-order valence-corrected chi connectivity index (χ2v) is 6.36. The number of nitrogens with one attached hydrogen (secondary N) is 3. The van der Waals surface area contributed by atoms with E-state index in [2.05, 4.69) is 20.9 Å². The fourth-order valence-electron chi connectivity index (χ4n) is 3.15. The molecule has 2 fully saturated rings. The lowest BCUT2D eigenvalue weighted by molar-refractivity contribution is -0.201. The van der Waals surface area contributed by atoms with E-state index < -0.39 is 30.4 Å². The van der Waals surface area contributed by atoms with Crippen molar-refractivity contribution >= 4 is 41.9 Å². The second kappa shape index (κ2) is 8.59. The van der Waals surface area contributed by atoms with Crippen molar-refractivity contribution in [3.05, 3.63) is 0 Å². The number of aliphatic hydroxyl groups is 1. The fraction of sp³-hybridized carbons (Fsp3) is 0.786. The second-order valence-electron chi connectivity index (χ2n) is 6.36. The van der Waals surface area contributed by atoms with Crippen LogP contribution in [0.2, 0.25) is 0 Å². The van der Waals surface area contributed by atoms with Gasteiger partial charge in [0, 0.05) is 20.1 Å². The predicted octanol–water partition coefficient (Wildman–Crippen LogP) is 0.413. The molecule has 12 heteroatoms. The number of piperidine rings is 1. The van der Waals surface area contributed by atoms with Crippen molar-refractivity contribution < 1.29 is 27.9 Å². The molecule has 2 aliphatic heterocycles. The quantitative estimate of drug-likeness (QED) is 0.197. The standard InChI is InChI=1S/C14H22F3N5O3.HI/c1-13(10(24)20-12(25)21-13)8-3-5-22(6-4-8)11(18-2)19-7-9(23)14(15,16)17;/h8-9,23H,3-7H2,1-2H3,(H,18,19)(H2,20,21,24,25);1H. The Balaban J connectivity index is 0.00000338. The number of aliphatic imine (C=N–C) groups is 1. The summed E-state index contributed by atoms with van der Waals surface area (Å²) in [6, 6.07) is -0.520. The van der Waals surface area contributed by atoms with Gasteiger partial charge in [-0.25, -0.2) is 4.79 Å². The van der Waals surface area contributed by atoms with E-state index in [4.69, 9.17) is 5.11 Å². The maximum Gasteiger partial charge on any atom is 0.416 e. The summed E-state index contributed by atoms with van der Waals surface area (Å²) in [6.45, 7) is 1.91. The van der Waals surface area contributed by atoms with Crippen LogP contribution in [-0.4, -0.2) is 72.4 Å². The van der Waals surface area contributed by atoms with Crippen LogP contribution in [0.1, 0.15) is 19.8 Å². The molecular formula is C14H23F3IN5O3. The molecule has 4 N–H and O–H groups in total. The number of carbonyl (C=O) groups excluding carboxylic acids is 2. The monoisotopic (exact) mass is 493 g/mol. The molecule has 2 rings (SSSR count). The van der Waals surface area contributed by atoms with Gasteiger partial charge in [0.25, 0.3) is 5.91 Å². The number of hydrogen-bond donors (Lipinski definition) is 4. The number of hydrogen-bond acceptors (Lipinski definition) is 4. The van der Waals surface area contributed by atoms with Gasteiger partial charge in [-0.1, -0.05) is 0 Å². The first kappa shape index (κ1) is 22.7. The summed E-state index contributed by atoms with van der Waals surface area (Å²) >= 11 is 0. The summed E-state index contributed by atoms with van der Waals surface area (Å²) < 4.78 is 37.1. The van der Waals surface area contributed by atoms with E-state index in [0.29, 0.717) is 25.9 Å². The fourth-order valence-corrected chi connectivity index (χ4v) is 3.15. The van der Waals surface area contributed by atoms with E-state index in [1.165, 1.54) is 7.05 Å². The molecule has 0 saturated carbocycles. The van der Waals surface area contributed by atoms with Crippen molar-refractivity contribution in [3.63, 3.8) is 0 Å². The summed E-state index contributed by atoms with van der Waals surface area (Å²) in [7, 11) is 1.44. The van der Waals surface area contributed by atoms with Crippen molar-refractivity contribution in [2.75, 3.05) is 26.7 Å².